The van der Waals surface area contributed by atoms with Crippen LogP contribution in [0.15, 0.2) is 89.2 Å². The summed E-state index contributed by atoms with van der Waals surface area (Å²) in [7, 11) is 0. The molecule has 1 amide bonds. The van der Waals surface area contributed by atoms with Gasteiger partial charge < -0.3 is 9.73 Å². The molecule has 0 aliphatic carbocycles. The van der Waals surface area contributed by atoms with Gasteiger partial charge in [0.2, 0.25) is 5.91 Å². The highest BCUT2D eigenvalue weighted by molar-refractivity contribution is 7.99. The second-order valence-corrected chi connectivity index (χ2v) is 8.60. The molecule has 0 saturated carbocycles. The predicted molar refractivity (Wildman–Crippen MR) is 132 cm³/mol. The quantitative estimate of drug-likeness (QED) is 0.258. The molecule has 0 radical (unpaired) electrons. The molecule has 1 atom stereocenters. The average molecular weight is 459 g/mol. The van der Waals surface area contributed by atoms with E-state index in [-0.39, 0.29) is 17.7 Å². The number of carbonyl (C=O) groups excluding carboxylic acids is 1. The number of allylic oxidation sites excluding steroid dienone is 1. The minimum atomic E-state index is -0.0990. The van der Waals surface area contributed by atoms with Gasteiger partial charge in [-0.15, -0.1) is 16.8 Å². The molecule has 7 heteroatoms. The zero-order valence-corrected chi connectivity index (χ0v) is 19.5. The summed E-state index contributed by atoms with van der Waals surface area (Å²) in [6.07, 6.45) is 3.42. The molecule has 0 spiro atoms. The molecule has 2 aromatic heterocycles. The maximum Gasteiger partial charge on any atom is 0.230 e. The maximum absolute atomic E-state index is 12.6. The summed E-state index contributed by atoms with van der Waals surface area (Å²) in [5, 5.41) is 12.3. The van der Waals surface area contributed by atoms with Crippen molar-refractivity contribution in [2.75, 3.05) is 5.75 Å². The molecule has 168 valence electrons. The molecule has 33 heavy (non-hydrogen) atoms. The molecular weight excluding hydrogens is 432 g/mol. The Morgan fingerprint density at radius 1 is 1.12 bits per heavy atom. The van der Waals surface area contributed by atoms with Crippen LogP contribution in [0.2, 0.25) is 0 Å². The molecule has 0 fully saturated rings. The summed E-state index contributed by atoms with van der Waals surface area (Å²) >= 11 is 1.35. The Balaban J connectivity index is 1.38. The first-order valence-electron chi connectivity index (χ1n) is 10.7. The number of aryl methyl sites for hydroxylation is 1. The van der Waals surface area contributed by atoms with Crippen molar-refractivity contribution in [3.05, 3.63) is 90.9 Å². The van der Waals surface area contributed by atoms with E-state index in [1.807, 2.05) is 42.7 Å². The Morgan fingerprint density at radius 2 is 1.85 bits per heavy atom. The van der Waals surface area contributed by atoms with Gasteiger partial charge in [0.05, 0.1) is 23.6 Å². The second kappa shape index (κ2) is 10.4. The van der Waals surface area contributed by atoms with Crippen molar-refractivity contribution in [3.63, 3.8) is 0 Å². The first-order valence-corrected chi connectivity index (χ1v) is 11.7. The van der Waals surface area contributed by atoms with Crippen LogP contribution in [0, 0.1) is 6.92 Å². The monoisotopic (exact) mass is 458 g/mol. The van der Waals surface area contributed by atoms with E-state index >= 15 is 0 Å². The van der Waals surface area contributed by atoms with Crippen LogP contribution in [0.1, 0.15) is 24.3 Å². The zero-order valence-electron chi connectivity index (χ0n) is 18.7. The topological polar surface area (TPSA) is 73.0 Å². The van der Waals surface area contributed by atoms with Crippen molar-refractivity contribution in [2.45, 2.75) is 31.6 Å². The van der Waals surface area contributed by atoms with Gasteiger partial charge in [-0.2, -0.15) is 0 Å². The number of nitrogens with zero attached hydrogens (tertiary/aromatic N) is 3. The lowest BCUT2D eigenvalue weighted by Gasteiger charge is -2.15. The summed E-state index contributed by atoms with van der Waals surface area (Å²) in [6.45, 7) is 8.24. The highest BCUT2D eigenvalue weighted by Crippen LogP contribution is 2.27. The number of rotatable bonds is 9. The lowest BCUT2D eigenvalue weighted by atomic mass is 10.0. The number of benzene rings is 2. The Morgan fingerprint density at radius 3 is 2.52 bits per heavy atom. The highest BCUT2D eigenvalue weighted by atomic mass is 32.2. The van der Waals surface area contributed by atoms with Crippen LogP contribution in [-0.2, 0) is 11.3 Å². The first kappa shape index (κ1) is 22.6. The smallest absolute Gasteiger partial charge is 0.230 e. The molecule has 0 aliphatic heterocycles. The molecule has 0 saturated heterocycles. The third-order valence-electron chi connectivity index (χ3n) is 5.36. The standard InChI is InChI=1S/C26H26N4O2S/c1-4-15-30-25(23-14-16-32-19(23)3)28-29-26(30)33-17-24(31)27-18(2)20-10-12-22(13-11-20)21-8-6-5-7-9-21/h4-14,16,18H,1,15,17H2,2-3H3,(H,27,31). The Labute approximate surface area is 197 Å². The Hall–Kier alpha value is -3.58. The van der Waals surface area contributed by atoms with Crippen molar-refractivity contribution in [1.82, 2.24) is 20.1 Å². The van der Waals surface area contributed by atoms with Crippen LogP contribution in [0.4, 0.5) is 0 Å². The van der Waals surface area contributed by atoms with E-state index in [2.05, 4.69) is 58.5 Å². The van der Waals surface area contributed by atoms with Crippen LogP contribution in [0.3, 0.4) is 0 Å². The lowest BCUT2D eigenvalue weighted by Crippen LogP contribution is -2.28. The number of hydrogen-bond acceptors (Lipinski definition) is 5. The van der Waals surface area contributed by atoms with Gasteiger partial charge >= 0.3 is 0 Å². The minimum absolute atomic E-state index is 0.0613. The molecule has 1 N–H and O–H groups in total. The summed E-state index contributed by atoms with van der Waals surface area (Å²) in [5.41, 5.74) is 4.26. The fourth-order valence-electron chi connectivity index (χ4n) is 3.60. The van der Waals surface area contributed by atoms with E-state index in [9.17, 15) is 4.79 Å². The highest BCUT2D eigenvalue weighted by Gasteiger charge is 2.18. The van der Waals surface area contributed by atoms with Crippen molar-refractivity contribution < 1.29 is 9.21 Å². The maximum atomic E-state index is 12.6. The van der Waals surface area contributed by atoms with E-state index < -0.39 is 0 Å². The van der Waals surface area contributed by atoms with Gasteiger partial charge in [-0.25, -0.2) is 0 Å². The number of hydrogen-bond donors (Lipinski definition) is 1. The fourth-order valence-corrected chi connectivity index (χ4v) is 4.36. The van der Waals surface area contributed by atoms with Crippen LogP contribution in [0.25, 0.3) is 22.5 Å². The molecule has 6 nitrogen and oxygen atoms in total. The summed E-state index contributed by atoms with van der Waals surface area (Å²) in [6, 6.07) is 20.3. The third-order valence-corrected chi connectivity index (χ3v) is 6.32. The van der Waals surface area contributed by atoms with Crippen LogP contribution < -0.4 is 5.32 Å². The number of carbonyl (C=O) groups is 1. The Kier molecular flexibility index (Phi) is 7.10. The van der Waals surface area contributed by atoms with Gasteiger partial charge in [-0.3, -0.25) is 9.36 Å². The van der Waals surface area contributed by atoms with Crippen LogP contribution in [0.5, 0.6) is 0 Å². The summed E-state index contributed by atoms with van der Waals surface area (Å²) < 4.78 is 7.34. The van der Waals surface area contributed by atoms with Crippen LogP contribution >= 0.6 is 11.8 Å². The molecule has 4 rings (SSSR count). The average Bonchev–Trinajstić information content (AvgIpc) is 3.44. The molecule has 1 unspecified atom stereocenters. The zero-order chi connectivity index (χ0) is 23.2. The van der Waals surface area contributed by atoms with Crippen LogP contribution in [-0.4, -0.2) is 26.4 Å². The largest absolute Gasteiger partial charge is 0.469 e. The van der Waals surface area contributed by atoms with Gasteiger partial charge in [-0.05, 0) is 36.6 Å². The van der Waals surface area contributed by atoms with Gasteiger partial charge in [0.1, 0.15) is 5.76 Å². The van der Waals surface area contributed by atoms with Crippen molar-refractivity contribution in [1.29, 1.82) is 0 Å². The van der Waals surface area contributed by atoms with Gasteiger partial charge in [0.15, 0.2) is 11.0 Å². The predicted octanol–water partition coefficient (Wildman–Crippen LogP) is 5.67. The molecule has 2 aromatic carbocycles. The fraction of sp³-hybridized carbons (Fsp3) is 0.192. The van der Waals surface area contributed by atoms with E-state index in [0.29, 0.717) is 17.5 Å². The number of amides is 1. The first-order chi connectivity index (χ1) is 16.1. The van der Waals surface area contributed by atoms with Crippen molar-refractivity contribution in [2.24, 2.45) is 0 Å². The molecular formula is C26H26N4O2S. The van der Waals surface area contributed by atoms with Gasteiger partial charge in [-0.1, -0.05) is 72.4 Å². The Bertz CT molecular complexity index is 1230. The van der Waals surface area contributed by atoms with Crippen molar-refractivity contribution >= 4 is 17.7 Å². The second-order valence-electron chi connectivity index (χ2n) is 7.66. The van der Waals surface area contributed by atoms with E-state index in [1.54, 1.807) is 12.3 Å². The molecule has 4 aromatic rings. The molecule has 0 aliphatic rings. The number of furan rings is 1. The lowest BCUT2D eigenvalue weighted by molar-refractivity contribution is -0.119. The van der Waals surface area contributed by atoms with E-state index in [1.165, 1.54) is 17.3 Å². The van der Waals surface area contributed by atoms with Crippen molar-refractivity contribution in [3.8, 4) is 22.5 Å². The van der Waals surface area contributed by atoms with E-state index in [4.69, 9.17) is 4.42 Å². The van der Waals surface area contributed by atoms with Gasteiger partial charge in [0.25, 0.3) is 0 Å². The SMILES string of the molecule is C=CCn1c(SCC(=O)NC(C)c2ccc(-c3ccccc3)cc2)nnc1-c1ccoc1C. The number of thioether (sulfide) groups is 1. The van der Waals surface area contributed by atoms with E-state index in [0.717, 1.165) is 22.5 Å². The number of nitrogens with one attached hydrogen (secondary N) is 1. The normalized spacial score (nSPS) is 11.8. The minimum Gasteiger partial charge on any atom is -0.469 e. The number of aromatic nitrogens is 3. The summed E-state index contributed by atoms with van der Waals surface area (Å²) in [5.74, 6) is 1.66. The summed E-state index contributed by atoms with van der Waals surface area (Å²) in [4.78, 5) is 12.6. The molecule has 0 bridgehead atoms. The third kappa shape index (κ3) is 5.26. The van der Waals surface area contributed by atoms with Gasteiger partial charge in [0, 0.05) is 6.54 Å². The molecule has 2 heterocycles.